The smallest absolute Gasteiger partial charge is 0.316 e. The number of carboxylic acids is 1. The molecule has 0 rings (SSSR count). The molecule has 0 radical (unpaired) electrons. The third-order valence-electron chi connectivity index (χ3n) is 0.421. The topological polar surface area (TPSA) is 98.0 Å². The van der Waals surface area contributed by atoms with E-state index < -0.39 is 12.1 Å². The molecule has 0 amide bonds. The monoisotopic (exact) mass is 304 g/mol. The number of carbonyl (C=O) groups is 1. The van der Waals surface area contributed by atoms with Gasteiger partial charge < -0.3 is 20.4 Å². The van der Waals surface area contributed by atoms with Crippen LogP contribution in [0.3, 0.4) is 0 Å². The summed E-state index contributed by atoms with van der Waals surface area (Å²) < 4.78 is 0. The molecule has 0 spiro atoms. The molecule has 0 fully saturated rings. The van der Waals surface area contributed by atoms with Crippen molar-refractivity contribution in [1.29, 1.82) is 0 Å². The first-order valence-electron chi connectivity index (χ1n) is 2.63. The van der Waals surface area contributed by atoms with Gasteiger partial charge in [-0.2, -0.15) is 0 Å². The van der Waals surface area contributed by atoms with Gasteiger partial charge in [-0.15, -0.1) is 12.4 Å². The molecule has 0 aromatic rings. The maximum absolute atomic E-state index is 9.00. The van der Waals surface area contributed by atoms with E-state index in [1.54, 1.807) is 0 Å². The summed E-state index contributed by atoms with van der Waals surface area (Å²) in [6, 6.07) is 0. The van der Waals surface area contributed by atoms with Crippen LogP contribution < -0.4 is 0 Å². The molecule has 0 unspecified atom stereocenters. The Balaban J connectivity index is -0.0000000279. The molecule has 0 bridgehead atoms. The Hall–Kier alpha value is 1.29. The van der Waals surface area contributed by atoms with Gasteiger partial charge in [0.25, 0.3) is 5.97 Å². The SMILES string of the molecule is CC(=O)O.Cl.OCC(O)CO.[MgH2].[Zr]. The summed E-state index contributed by atoms with van der Waals surface area (Å²) in [7, 11) is 0. The Kier molecular flexibility index (Phi) is 52.3. The zero-order chi connectivity index (χ0) is 8.57. The third-order valence-corrected chi connectivity index (χ3v) is 0.421. The predicted octanol–water partition coefficient (Wildman–Crippen LogP) is -2.07. The van der Waals surface area contributed by atoms with Gasteiger partial charge in [0.05, 0.1) is 13.2 Å². The van der Waals surface area contributed by atoms with Crippen LogP contribution in [0.15, 0.2) is 0 Å². The molecule has 13 heavy (non-hydrogen) atoms. The van der Waals surface area contributed by atoms with Crippen LogP contribution in [0, 0.1) is 0 Å². The van der Waals surface area contributed by atoms with Crippen LogP contribution in [0.5, 0.6) is 0 Å². The molecule has 0 aliphatic carbocycles. The van der Waals surface area contributed by atoms with E-state index in [1.807, 2.05) is 0 Å². The number of carboxylic acid groups (broad SMARTS) is 1. The summed E-state index contributed by atoms with van der Waals surface area (Å²) in [5.74, 6) is -0.833. The Morgan fingerprint density at radius 2 is 1.46 bits per heavy atom. The zero-order valence-corrected chi connectivity index (χ0v) is 9.87. The second-order valence-corrected chi connectivity index (χ2v) is 1.54. The minimum atomic E-state index is -0.954. The van der Waals surface area contributed by atoms with E-state index >= 15 is 0 Å². The Morgan fingerprint density at radius 3 is 1.46 bits per heavy atom. The van der Waals surface area contributed by atoms with Crippen molar-refractivity contribution in [3.05, 3.63) is 0 Å². The molecule has 0 saturated carbocycles. The largest absolute Gasteiger partial charge is 0.481 e. The van der Waals surface area contributed by atoms with Gasteiger partial charge in [-0.1, -0.05) is 0 Å². The van der Waals surface area contributed by atoms with E-state index in [2.05, 4.69) is 0 Å². The number of aliphatic carboxylic acids is 1. The molecule has 0 aliphatic rings. The molecule has 4 N–H and O–H groups in total. The predicted molar refractivity (Wildman–Crippen MR) is 49.3 cm³/mol. The molecular formula is C5H15ClMgO5Zr. The number of hydrogen-bond donors (Lipinski definition) is 4. The molecule has 0 aromatic carbocycles. The number of hydrogen-bond acceptors (Lipinski definition) is 4. The Labute approximate surface area is 118 Å². The summed E-state index contributed by atoms with van der Waals surface area (Å²) >= 11 is 0. The van der Waals surface area contributed by atoms with Crippen molar-refractivity contribution in [3.63, 3.8) is 0 Å². The van der Waals surface area contributed by atoms with Crippen LogP contribution in [0.4, 0.5) is 0 Å². The molecule has 0 saturated heterocycles. The molecule has 0 aliphatic heterocycles. The average Bonchev–Trinajstić information content (AvgIpc) is 1.85. The molecule has 0 heterocycles. The van der Waals surface area contributed by atoms with E-state index in [1.165, 1.54) is 0 Å². The maximum atomic E-state index is 9.00. The summed E-state index contributed by atoms with van der Waals surface area (Å²) in [4.78, 5) is 9.00. The van der Waals surface area contributed by atoms with Gasteiger partial charge in [-0.05, 0) is 0 Å². The van der Waals surface area contributed by atoms with Crippen LogP contribution in [-0.2, 0) is 31.0 Å². The van der Waals surface area contributed by atoms with Crippen molar-refractivity contribution in [2.75, 3.05) is 13.2 Å². The van der Waals surface area contributed by atoms with Crippen LogP contribution in [0.2, 0.25) is 0 Å². The Morgan fingerprint density at radius 1 is 1.31 bits per heavy atom. The summed E-state index contributed by atoms with van der Waals surface area (Å²) in [5.41, 5.74) is 0. The second-order valence-electron chi connectivity index (χ2n) is 1.54. The first-order valence-corrected chi connectivity index (χ1v) is 2.63. The van der Waals surface area contributed by atoms with Crippen LogP contribution in [-0.4, -0.2) is 68.8 Å². The molecule has 0 aromatic heterocycles. The van der Waals surface area contributed by atoms with Crippen molar-refractivity contribution in [2.24, 2.45) is 0 Å². The van der Waals surface area contributed by atoms with Gasteiger partial charge in [0.15, 0.2) is 0 Å². The second kappa shape index (κ2) is 23.3. The summed E-state index contributed by atoms with van der Waals surface area (Å²) in [5, 5.41) is 31.4. The number of aliphatic hydroxyl groups is 3. The number of aliphatic hydroxyl groups excluding tert-OH is 3. The fourth-order valence-electron chi connectivity index (χ4n) is 0.0577. The molecule has 8 heteroatoms. The average molecular weight is 306 g/mol. The van der Waals surface area contributed by atoms with E-state index in [4.69, 9.17) is 25.2 Å². The maximum Gasteiger partial charge on any atom is 0.316 e. The first kappa shape index (κ1) is 29.2. The fraction of sp³-hybridized carbons (Fsp3) is 0.800. The molecule has 5 nitrogen and oxygen atoms in total. The third kappa shape index (κ3) is 60.5. The van der Waals surface area contributed by atoms with Crippen LogP contribution in [0.25, 0.3) is 0 Å². The number of halogens is 1. The van der Waals surface area contributed by atoms with Gasteiger partial charge in [0.2, 0.25) is 0 Å². The van der Waals surface area contributed by atoms with Gasteiger partial charge in [0, 0.05) is 33.1 Å². The zero-order valence-electron chi connectivity index (χ0n) is 6.60. The van der Waals surface area contributed by atoms with Gasteiger partial charge >= 0.3 is 23.1 Å². The van der Waals surface area contributed by atoms with E-state index in [9.17, 15) is 0 Å². The molecule has 78 valence electrons. The van der Waals surface area contributed by atoms with E-state index in [0.717, 1.165) is 6.92 Å². The number of rotatable bonds is 2. The quantitative estimate of drug-likeness (QED) is 0.439. The van der Waals surface area contributed by atoms with Gasteiger partial charge in [-0.3, -0.25) is 4.79 Å². The van der Waals surface area contributed by atoms with E-state index in [-0.39, 0.29) is 74.9 Å². The van der Waals surface area contributed by atoms with Crippen molar-refractivity contribution < 1.29 is 51.4 Å². The van der Waals surface area contributed by atoms with Crippen LogP contribution >= 0.6 is 12.4 Å². The summed E-state index contributed by atoms with van der Waals surface area (Å²) in [6.45, 7) is 0.354. The van der Waals surface area contributed by atoms with Crippen molar-refractivity contribution in [3.8, 4) is 0 Å². The molecule has 0 atom stereocenters. The van der Waals surface area contributed by atoms with Crippen molar-refractivity contribution in [2.45, 2.75) is 13.0 Å². The fourth-order valence-corrected chi connectivity index (χ4v) is 0.0577. The van der Waals surface area contributed by atoms with Gasteiger partial charge in [-0.25, -0.2) is 0 Å². The standard InChI is InChI=1S/C3H8O3.C2H4O2.ClH.Mg.Zr.2H/c4-1-3(6)2-5;1-2(3)4;;;;;/h3-6H,1-2H2;1H3,(H,3,4);1H;;;;. The normalized spacial score (nSPS) is 6.54. The van der Waals surface area contributed by atoms with Gasteiger partial charge in [0.1, 0.15) is 6.10 Å². The van der Waals surface area contributed by atoms with E-state index in [0.29, 0.717) is 0 Å². The minimum absolute atomic E-state index is 0. The van der Waals surface area contributed by atoms with Crippen molar-refractivity contribution >= 4 is 41.4 Å². The van der Waals surface area contributed by atoms with Crippen molar-refractivity contribution in [1.82, 2.24) is 0 Å². The minimum Gasteiger partial charge on any atom is -0.481 e. The van der Waals surface area contributed by atoms with Crippen LogP contribution in [0.1, 0.15) is 6.92 Å². The molecular weight excluding hydrogens is 291 g/mol. The Bertz CT molecular complexity index is 89.0. The summed E-state index contributed by atoms with van der Waals surface area (Å²) in [6.07, 6.45) is -0.954. The first-order chi connectivity index (χ1) is 4.54.